The summed E-state index contributed by atoms with van der Waals surface area (Å²) >= 11 is 9.13. The molecule has 1 saturated carbocycles. The van der Waals surface area contributed by atoms with Crippen molar-refractivity contribution in [2.45, 2.75) is 58.6 Å². The molecule has 0 atom stereocenters. The molecule has 2 aromatic carbocycles. The summed E-state index contributed by atoms with van der Waals surface area (Å²) in [7, 11) is 0. The molecule has 1 amide bonds. The van der Waals surface area contributed by atoms with Crippen LogP contribution in [0.2, 0.25) is 0 Å². The summed E-state index contributed by atoms with van der Waals surface area (Å²) in [6.07, 6.45) is 7.35. The fourth-order valence-electron chi connectivity index (χ4n) is 4.26. The van der Waals surface area contributed by atoms with Gasteiger partial charge >= 0.3 is 0 Å². The van der Waals surface area contributed by atoms with Crippen LogP contribution in [-0.4, -0.2) is 28.6 Å². The number of nitrogens with one attached hydrogen (secondary N) is 1. The number of benzene rings is 2. The van der Waals surface area contributed by atoms with E-state index >= 15 is 0 Å². The minimum atomic E-state index is -0.0588. The van der Waals surface area contributed by atoms with E-state index in [1.54, 1.807) is 4.90 Å². The van der Waals surface area contributed by atoms with Gasteiger partial charge in [0.05, 0.1) is 6.61 Å². The van der Waals surface area contributed by atoms with E-state index < -0.39 is 0 Å². The first-order valence-corrected chi connectivity index (χ1v) is 12.7. The SMILES string of the molecule is CCOc1cc(/C=C2\NC(=S)N(C3CCCCC3)C2=O)c(Br)cc1OCc1ccc(C)cc1. The Balaban J connectivity index is 1.55. The Bertz CT molecular complexity index is 1060. The van der Waals surface area contributed by atoms with Gasteiger partial charge in [-0.05, 0) is 68.2 Å². The number of ether oxygens (including phenoxy) is 2. The van der Waals surface area contributed by atoms with Gasteiger partial charge in [-0.2, -0.15) is 0 Å². The van der Waals surface area contributed by atoms with Crippen molar-refractivity contribution in [2.24, 2.45) is 0 Å². The second-order valence-electron chi connectivity index (χ2n) is 8.48. The highest BCUT2D eigenvalue weighted by atomic mass is 79.9. The molecule has 0 radical (unpaired) electrons. The van der Waals surface area contributed by atoms with Gasteiger partial charge in [0.15, 0.2) is 16.6 Å². The highest BCUT2D eigenvalue weighted by Crippen LogP contribution is 2.36. The first kappa shape index (κ1) is 23.8. The maximum Gasteiger partial charge on any atom is 0.276 e. The predicted molar refractivity (Wildman–Crippen MR) is 138 cm³/mol. The van der Waals surface area contributed by atoms with Gasteiger partial charge in [-0.1, -0.05) is 65.0 Å². The highest BCUT2D eigenvalue weighted by Gasteiger charge is 2.36. The summed E-state index contributed by atoms with van der Waals surface area (Å²) in [5.74, 6) is 1.23. The van der Waals surface area contributed by atoms with Crippen LogP contribution in [0.15, 0.2) is 46.6 Å². The number of hydrogen-bond donors (Lipinski definition) is 1. The van der Waals surface area contributed by atoms with Crippen molar-refractivity contribution in [3.05, 3.63) is 63.3 Å². The molecule has 0 bridgehead atoms. The summed E-state index contributed by atoms with van der Waals surface area (Å²) in [5, 5.41) is 3.62. The molecule has 174 valence electrons. The molecule has 4 rings (SSSR count). The van der Waals surface area contributed by atoms with Crippen LogP contribution in [0.1, 0.15) is 55.7 Å². The van der Waals surface area contributed by atoms with Crippen LogP contribution in [0.3, 0.4) is 0 Å². The third kappa shape index (κ3) is 5.58. The molecule has 1 heterocycles. The molecule has 1 N–H and O–H groups in total. The largest absolute Gasteiger partial charge is 0.490 e. The Hall–Kier alpha value is -2.38. The Morgan fingerprint density at radius 1 is 1.12 bits per heavy atom. The summed E-state index contributed by atoms with van der Waals surface area (Å²) in [5.41, 5.74) is 3.61. The van der Waals surface area contributed by atoms with Crippen LogP contribution in [0.4, 0.5) is 0 Å². The minimum absolute atomic E-state index is 0.0588. The van der Waals surface area contributed by atoms with Gasteiger partial charge in [-0.15, -0.1) is 0 Å². The van der Waals surface area contributed by atoms with E-state index in [1.165, 1.54) is 12.0 Å². The third-order valence-electron chi connectivity index (χ3n) is 6.03. The zero-order valence-electron chi connectivity index (χ0n) is 19.0. The fraction of sp³-hybridized carbons (Fsp3) is 0.385. The lowest BCUT2D eigenvalue weighted by atomic mass is 9.94. The lowest BCUT2D eigenvalue weighted by Crippen LogP contribution is -2.41. The standard InChI is InChI=1S/C26H29BrN2O3S/c1-3-31-23-14-19(21(27)15-24(23)32-16-18-11-9-17(2)10-12-18)13-22-25(30)29(26(33)28-22)20-7-5-4-6-8-20/h9-15,20H,3-8,16H2,1-2H3,(H,28,33)/b22-13-. The van der Waals surface area contributed by atoms with Crippen molar-refractivity contribution in [3.63, 3.8) is 0 Å². The Kier molecular flexibility index (Phi) is 7.71. The lowest BCUT2D eigenvalue weighted by Gasteiger charge is -2.29. The van der Waals surface area contributed by atoms with Gasteiger partial charge in [0, 0.05) is 10.5 Å². The van der Waals surface area contributed by atoms with Crippen molar-refractivity contribution in [1.29, 1.82) is 0 Å². The number of aryl methyl sites for hydroxylation is 1. The zero-order chi connectivity index (χ0) is 23.4. The summed E-state index contributed by atoms with van der Waals surface area (Å²) in [6, 6.07) is 12.2. The number of carbonyl (C=O) groups excluding carboxylic acids is 1. The maximum atomic E-state index is 13.1. The summed E-state index contributed by atoms with van der Waals surface area (Å²) in [6.45, 7) is 4.95. The van der Waals surface area contributed by atoms with Gasteiger partial charge in [0.2, 0.25) is 0 Å². The zero-order valence-corrected chi connectivity index (χ0v) is 21.4. The van der Waals surface area contributed by atoms with Crippen molar-refractivity contribution in [3.8, 4) is 11.5 Å². The Labute approximate surface area is 209 Å². The molecular formula is C26H29BrN2O3S. The van der Waals surface area contributed by atoms with Crippen LogP contribution in [-0.2, 0) is 11.4 Å². The van der Waals surface area contributed by atoms with Crippen molar-refractivity contribution < 1.29 is 14.3 Å². The maximum absolute atomic E-state index is 13.1. The first-order chi connectivity index (χ1) is 16.0. The van der Waals surface area contributed by atoms with Crippen LogP contribution in [0.25, 0.3) is 6.08 Å². The molecule has 0 unspecified atom stereocenters. The lowest BCUT2D eigenvalue weighted by molar-refractivity contribution is -0.124. The molecule has 5 nitrogen and oxygen atoms in total. The van der Waals surface area contributed by atoms with E-state index in [0.29, 0.717) is 35.5 Å². The van der Waals surface area contributed by atoms with E-state index in [0.717, 1.165) is 41.3 Å². The number of thiocarbonyl (C=S) groups is 1. The third-order valence-corrected chi connectivity index (χ3v) is 7.01. The minimum Gasteiger partial charge on any atom is -0.490 e. The molecule has 1 aliphatic carbocycles. The summed E-state index contributed by atoms with van der Waals surface area (Å²) in [4.78, 5) is 14.9. The van der Waals surface area contributed by atoms with E-state index in [2.05, 4.69) is 52.4 Å². The Morgan fingerprint density at radius 3 is 2.52 bits per heavy atom. The van der Waals surface area contributed by atoms with E-state index in [4.69, 9.17) is 21.7 Å². The van der Waals surface area contributed by atoms with Gasteiger partial charge in [0.25, 0.3) is 5.91 Å². The number of rotatable bonds is 7. The molecular weight excluding hydrogens is 500 g/mol. The first-order valence-electron chi connectivity index (χ1n) is 11.5. The molecule has 2 aliphatic rings. The molecule has 1 saturated heterocycles. The number of carbonyl (C=O) groups is 1. The molecule has 2 fully saturated rings. The van der Waals surface area contributed by atoms with Crippen molar-refractivity contribution in [1.82, 2.24) is 10.2 Å². The monoisotopic (exact) mass is 528 g/mol. The average molecular weight is 530 g/mol. The van der Waals surface area contributed by atoms with Crippen LogP contribution < -0.4 is 14.8 Å². The van der Waals surface area contributed by atoms with Crippen LogP contribution in [0, 0.1) is 6.92 Å². The second-order valence-corrected chi connectivity index (χ2v) is 9.72. The molecule has 0 spiro atoms. The van der Waals surface area contributed by atoms with Crippen molar-refractivity contribution >= 4 is 45.2 Å². The Morgan fingerprint density at radius 2 is 1.82 bits per heavy atom. The fourth-order valence-corrected chi connectivity index (χ4v) is 5.04. The van der Waals surface area contributed by atoms with E-state index in [9.17, 15) is 4.79 Å². The van der Waals surface area contributed by atoms with E-state index in [1.807, 2.05) is 25.1 Å². The topological polar surface area (TPSA) is 50.8 Å². The normalized spacial score (nSPS) is 18.0. The molecule has 7 heteroatoms. The van der Waals surface area contributed by atoms with Crippen molar-refractivity contribution in [2.75, 3.05) is 6.61 Å². The van der Waals surface area contributed by atoms with E-state index in [-0.39, 0.29) is 11.9 Å². The molecule has 33 heavy (non-hydrogen) atoms. The number of amides is 1. The smallest absolute Gasteiger partial charge is 0.276 e. The predicted octanol–water partition coefficient (Wildman–Crippen LogP) is 6.13. The molecule has 2 aromatic rings. The van der Waals surface area contributed by atoms with Gasteiger partial charge in [0.1, 0.15) is 12.3 Å². The average Bonchev–Trinajstić information content (AvgIpc) is 3.09. The number of halogens is 1. The van der Waals surface area contributed by atoms with Gasteiger partial charge in [-0.25, -0.2) is 0 Å². The number of nitrogens with zero attached hydrogens (tertiary/aromatic N) is 1. The summed E-state index contributed by atoms with van der Waals surface area (Å²) < 4.78 is 12.7. The second kappa shape index (κ2) is 10.7. The molecule has 0 aromatic heterocycles. The quantitative estimate of drug-likeness (QED) is 0.346. The van der Waals surface area contributed by atoms with Crippen LogP contribution in [0.5, 0.6) is 11.5 Å². The highest BCUT2D eigenvalue weighted by molar-refractivity contribution is 9.10. The molecule has 1 aliphatic heterocycles. The van der Waals surface area contributed by atoms with Crippen LogP contribution >= 0.6 is 28.1 Å². The van der Waals surface area contributed by atoms with Gasteiger partial charge < -0.3 is 14.8 Å². The number of hydrogen-bond acceptors (Lipinski definition) is 4. The van der Waals surface area contributed by atoms with Gasteiger partial charge in [-0.3, -0.25) is 9.69 Å².